The van der Waals surface area contributed by atoms with Crippen molar-refractivity contribution >= 4 is 33.7 Å². The number of nitrogens with zero attached hydrogens (tertiary/aromatic N) is 3. The van der Waals surface area contributed by atoms with Gasteiger partial charge in [0.1, 0.15) is 11.4 Å². The molecule has 4 aromatic rings. The van der Waals surface area contributed by atoms with Gasteiger partial charge in [-0.1, -0.05) is 60.7 Å². The van der Waals surface area contributed by atoms with Crippen LogP contribution in [0.25, 0.3) is 20.7 Å². The second-order valence-electron chi connectivity index (χ2n) is 6.08. The van der Waals surface area contributed by atoms with Crippen LogP contribution in [-0.2, 0) is 11.3 Å². The SMILES string of the molecule is O=C(Cn1cnc2sc(-c3ccccc3)cc2c1=O)NN=Cc1ccccc1. The Labute approximate surface area is 164 Å². The van der Waals surface area contributed by atoms with Crippen LogP contribution in [0.1, 0.15) is 5.56 Å². The molecule has 7 heteroatoms. The van der Waals surface area contributed by atoms with E-state index in [1.807, 2.05) is 66.7 Å². The number of rotatable bonds is 5. The molecule has 0 spiro atoms. The first-order valence-corrected chi connectivity index (χ1v) is 9.44. The molecule has 2 aromatic heterocycles. The molecule has 0 saturated heterocycles. The fourth-order valence-corrected chi connectivity index (χ4v) is 3.72. The Morgan fingerprint density at radius 1 is 1.11 bits per heavy atom. The lowest BCUT2D eigenvalue weighted by Gasteiger charge is -2.03. The molecule has 2 heterocycles. The number of fused-ring (bicyclic) bond motifs is 1. The van der Waals surface area contributed by atoms with Gasteiger partial charge < -0.3 is 0 Å². The van der Waals surface area contributed by atoms with Gasteiger partial charge in [0, 0.05) is 4.88 Å². The third-order valence-electron chi connectivity index (χ3n) is 4.09. The van der Waals surface area contributed by atoms with E-state index in [1.54, 1.807) is 6.21 Å². The second kappa shape index (κ2) is 7.98. The molecule has 1 amide bonds. The first-order chi connectivity index (χ1) is 13.7. The summed E-state index contributed by atoms with van der Waals surface area (Å²) in [6.07, 6.45) is 2.95. The summed E-state index contributed by atoms with van der Waals surface area (Å²) >= 11 is 1.46. The number of benzene rings is 2. The summed E-state index contributed by atoms with van der Waals surface area (Å²) in [6.45, 7) is -0.148. The molecule has 6 nitrogen and oxygen atoms in total. The van der Waals surface area contributed by atoms with Gasteiger partial charge in [-0.3, -0.25) is 14.2 Å². The van der Waals surface area contributed by atoms with Crippen LogP contribution < -0.4 is 11.0 Å². The molecule has 0 aliphatic rings. The molecule has 0 bridgehead atoms. The molecule has 0 aliphatic heterocycles. The molecular formula is C21H16N4O2S. The van der Waals surface area contributed by atoms with Crippen molar-refractivity contribution in [3.8, 4) is 10.4 Å². The van der Waals surface area contributed by atoms with Crippen LogP contribution >= 0.6 is 11.3 Å². The fourth-order valence-electron chi connectivity index (χ4n) is 2.73. The number of thiophene rings is 1. The zero-order valence-electron chi connectivity index (χ0n) is 14.8. The molecule has 0 saturated carbocycles. The predicted octanol–water partition coefficient (Wildman–Crippen LogP) is 3.28. The monoisotopic (exact) mass is 388 g/mol. The van der Waals surface area contributed by atoms with Crippen LogP contribution in [-0.4, -0.2) is 21.7 Å². The van der Waals surface area contributed by atoms with E-state index < -0.39 is 5.91 Å². The van der Waals surface area contributed by atoms with Gasteiger partial charge in [0.25, 0.3) is 11.5 Å². The quantitative estimate of drug-likeness (QED) is 0.421. The van der Waals surface area contributed by atoms with Crippen molar-refractivity contribution < 1.29 is 4.79 Å². The molecule has 4 rings (SSSR count). The highest BCUT2D eigenvalue weighted by Crippen LogP contribution is 2.30. The lowest BCUT2D eigenvalue weighted by atomic mass is 10.2. The second-order valence-corrected chi connectivity index (χ2v) is 7.11. The first kappa shape index (κ1) is 17.8. The lowest BCUT2D eigenvalue weighted by Crippen LogP contribution is -2.29. The molecule has 0 atom stereocenters. The van der Waals surface area contributed by atoms with E-state index in [9.17, 15) is 9.59 Å². The van der Waals surface area contributed by atoms with E-state index in [1.165, 1.54) is 22.2 Å². The molecule has 28 heavy (non-hydrogen) atoms. The highest BCUT2D eigenvalue weighted by molar-refractivity contribution is 7.21. The topological polar surface area (TPSA) is 76.3 Å². The zero-order valence-corrected chi connectivity index (χ0v) is 15.6. The van der Waals surface area contributed by atoms with Gasteiger partial charge in [0.15, 0.2) is 0 Å². The van der Waals surface area contributed by atoms with Crippen molar-refractivity contribution in [3.05, 3.63) is 89.0 Å². The van der Waals surface area contributed by atoms with E-state index in [-0.39, 0.29) is 12.1 Å². The molecule has 0 fully saturated rings. The van der Waals surface area contributed by atoms with Gasteiger partial charge in [-0.25, -0.2) is 10.4 Å². The average Bonchev–Trinajstić information content (AvgIpc) is 3.17. The molecular weight excluding hydrogens is 372 g/mol. The molecule has 2 aromatic carbocycles. The number of carbonyl (C=O) groups excluding carboxylic acids is 1. The van der Waals surface area contributed by atoms with E-state index in [4.69, 9.17) is 0 Å². The smallest absolute Gasteiger partial charge is 0.262 e. The molecule has 0 unspecified atom stereocenters. The van der Waals surface area contributed by atoms with E-state index in [0.29, 0.717) is 10.2 Å². The Bertz CT molecular complexity index is 1200. The van der Waals surface area contributed by atoms with Gasteiger partial charge in [-0.15, -0.1) is 11.3 Å². The van der Waals surface area contributed by atoms with Crippen molar-refractivity contribution in [1.82, 2.24) is 15.0 Å². The van der Waals surface area contributed by atoms with Gasteiger partial charge >= 0.3 is 0 Å². The molecule has 0 radical (unpaired) electrons. The number of carbonyl (C=O) groups is 1. The predicted molar refractivity (Wildman–Crippen MR) is 111 cm³/mol. The Kier molecular flexibility index (Phi) is 5.07. The minimum Gasteiger partial charge on any atom is -0.289 e. The van der Waals surface area contributed by atoms with Crippen LogP contribution in [0.2, 0.25) is 0 Å². The van der Waals surface area contributed by atoms with Gasteiger partial charge in [-0.05, 0) is 17.2 Å². The van der Waals surface area contributed by atoms with Crippen molar-refractivity contribution in [2.75, 3.05) is 0 Å². The maximum atomic E-state index is 12.7. The highest BCUT2D eigenvalue weighted by atomic mass is 32.1. The first-order valence-electron chi connectivity index (χ1n) is 8.62. The van der Waals surface area contributed by atoms with Gasteiger partial charge in [0.2, 0.25) is 0 Å². The summed E-state index contributed by atoms with van der Waals surface area (Å²) in [5.74, 6) is -0.394. The zero-order chi connectivity index (χ0) is 19.3. The largest absolute Gasteiger partial charge is 0.289 e. The number of hydrogen-bond acceptors (Lipinski definition) is 5. The molecule has 138 valence electrons. The van der Waals surface area contributed by atoms with Crippen LogP contribution in [0.15, 0.2) is 83.0 Å². The normalized spacial score (nSPS) is 11.1. The number of amides is 1. The molecule has 0 aliphatic carbocycles. The summed E-state index contributed by atoms with van der Waals surface area (Å²) in [5.41, 5.74) is 4.09. The Balaban J connectivity index is 1.51. The average molecular weight is 388 g/mol. The third kappa shape index (κ3) is 3.89. The van der Waals surface area contributed by atoms with E-state index in [0.717, 1.165) is 16.0 Å². The maximum absolute atomic E-state index is 12.7. The van der Waals surface area contributed by atoms with Gasteiger partial charge in [0.05, 0.1) is 17.9 Å². The van der Waals surface area contributed by atoms with Crippen LogP contribution in [0, 0.1) is 0 Å². The fraction of sp³-hybridized carbons (Fsp3) is 0.0476. The van der Waals surface area contributed by atoms with Crippen LogP contribution in [0.5, 0.6) is 0 Å². The number of hydrazone groups is 1. The maximum Gasteiger partial charge on any atom is 0.262 e. The summed E-state index contributed by atoms with van der Waals surface area (Å²) in [5, 5.41) is 4.42. The summed E-state index contributed by atoms with van der Waals surface area (Å²) < 4.78 is 1.29. The van der Waals surface area contributed by atoms with E-state index in [2.05, 4.69) is 15.5 Å². The van der Waals surface area contributed by atoms with Gasteiger partial charge in [-0.2, -0.15) is 5.10 Å². The van der Waals surface area contributed by atoms with Crippen molar-refractivity contribution in [3.63, 3.8) is 0 Å². The standard InChI is InChI=1S/C21H16N4O2S/c26-19(24-23-12-15-7-3-1-4-8-15)13-25-14-22-20-17(21(25)27)11-18(28-20)16-9-5-2-6-10-16/h1-12,14H,13H2,(H,24,26). The minimum absolute atomic E-state index is 0.148. The number of nitrogens with one attached hydrogen (secondary N) is 1. The minimum atomic E-state index is -0.394. The van der Waals surface area contributed by atoms with Crippen molar-refractivity contribution in [1.29, 1.82) is 0 Å². The third-order valence-corrected chi connectivity index (χ3v) is 5.18. The Morgan fingerprint density at radius 2 is 1.82 bits per heavy atom. The number of aromatic nitrogens is 2. The van der Waals surface area contributed by atoms with Crippen LogP contribution in [0.3, 0.4) is 0 Å². The van der Waals surface area contributed by atoms with E-state index >= 15 is 0 Å². The Hall–Kier alpha value is -3.58. The van der Waals surface area contributed by atoms with Crippen molar-refractivity contribution in [2.45, 2.75) is 6.54 Å². The lowest BCUT2D eigenvalue weighted by molar-refractivity contribution is -0.121. The summed E-state index contributed by atoms with van der Waals surface area (Å²) in [6, 6.07) is 21.1. The van der Waals surface area contributed by atoms with Crippen molar-refractivity contribution in [2.24, 2.45) is 5.10 Å². The Morgan fingerprint density at radius 3 is 2.57 bits per heavy atom. The number of hydrogen-bond donors (Lipinski definition) is 1. The highest BCUT2D eigenvalue weighted by Gasteiger charge is 2.12. The van der Waals surface area contributed by atoms with Crippen LogP contribution in [0.4, 0.5) is 0 Å². The summed E-state index contributed by atoms with van der Waals surface area (Å²) in [4.78, 5) is 30.8. The summed E-state index contributed by atoms with van der Waals surface area (Å²) in [7, 11) is 0. The molecule has 1 N–H and O–H groups in total.